The molecule has 0 unspecified atom stereocenters. The maximum Gasteiger partial charge on any atom is 0.221 e. The van der Waals surface area contributed by atoms with Crippen LogP contribution in [0.15, 0.2) is 42.5 Å². The Hall–Kier alpha value is -1.71. The summed E-state index contributed by atoms with van der Waals surface area (Å²) in [4.78, 5) is 11.2. The fourth-order valence-corrected chi connectivity index (χ4v) is 1.87. The number of halogens is 2. The topological polar surface area (TPSA) is 38.3 Å². The highest BCUT2D eigenvalue weighted by molar-refractivity contribution is 6.32. The summed E-state index contributed by atoms with van der Waals surface area (Å²) in [5.41, 5.74) is 0.500. The minimum atomic E-state index is -0.203. The lowest BCUT2D eigenvalue weighted by Crippen LogP contribution is -2.06. The van der Waals surface area contributed by atoms with Gasteiger partial charge < -0.3 is 10.1 Å². The average molecular weight is 296 g/mol. The Morgan fingerprint density at radius 3 is 2.53 bits per heavy atom. The van der Waals surface area contributed by atoms with Crippen LogP contribution in [0.1, 0.15) is 6.92 Å². The Labute approximate surface area is 121 Å². The molecule has 0 heterocycles. The van der Waals surface area contributed by atoms with Crippen molar-refractivity contribution in [2.45, 2.75) is 6.92 Å². The summed E-state index contributed by atoms with van der Waals surface area (Å²) < 4.78 is 5.69. The molecule has 0 aliphatic carbocycles. The number of nitrogens with one attached hydrogen (secondary N) is 1. The first kappa shape index (κ1) is 13.7. The Balaban J connectivity index is 2.34. The quantitative estimate of drug-likeness (QED) is 0.888. The van der Waals surface area contributed by atoms with Gasteiger partial charge in [0.2, 0.25) is 5.91 Å². The van der Waals surface area contributed by atoms with Crippen molar-refractivity contribution in [3.8, 4) is 11.5 Å². The molecule has 5 heteroatoms. The van der Waals surface area contributed by atoms with E-state index in [1.54, 1.807) is 30.3 Å². The van der Waals surface area contributed by atoms with Crippen LogP contribution in [-0.4, -0.2) is 5.91 Å². The van der Waals surface area contributed by atoms with E-state index in [1.165, 1.54) is 6.92 Å². The van der Waals surface area contributed by atoms with Crippen molar-refractivity contribution in [2.75, 3.05) is 5.32 Å². The molecule has 0 atom stereocenters. The summed E-state index contributed by atoms with van der Waals surface area (Å²) in [7, 11) is 0. The first-order chi connectivity index (χ1) is 9.06. The number of hydrogen-bond donors (Lipinski definition) is 1. The van der Waals surface area contributed by atoms with Crippen LogP contribution in [0.4, 0.5) is 5.69 Å². The monoisotopic (exact) mass is 295 g/mol. The van der Waals surface area contributed by atoms with Crippen LogP contribution in [0.3, 0.4) is 0 Å². The van der Waals surface area contributed by atoms with Gasteiger partial charge in [-0.2, -0.15) is 0 Å². The summed E-state index contributed by atoms with van der Waals surface area (Å²) in [6.45, 7) is 1.42. The lowest BCUT2D eigenvalue weighted by atomic mass is 10.2. The second-order valence-corrected chi connectivity index (χ2v) is 4.70. The van der Waals surface area contributed by atoms with E-state index in [1.807, 2.05) is 12.1 Å². The second-order valence-electron chi connectivity index (χ2n) is 3.85. The first-order valence-corrected chi connectivity index (χ1v) is 6.31. The predicted molar refractivity (Wildman–Crippen MR) is 77.3 cm³/mol. The molecule has 0 bridgehead atoms. The number of carbonyl (C=O) groups is 1. The van der Waals surface area contributed by atoms with Crippen molar-refractivity contribution in [1.29, 1.82) is 0 Å². The highest BCUT2D eigenvalue weighted by Crippen LogP contribution is 2.34. The summed E-state index contributed by atoms with van der Waals surface area (Å²) >= 11 is 11.9. The lowest BCUT2D eigenvalue weighted by molar-refractivity contribution is -0.114. The maximum absolute atomic E-state index is 11.2. The van der Waals surface area contributed by atoms with Gasteiger partial charge >= 0.3 is 0 Å². The first-order valence-electron chi connectivity index (χ1n) is 5.56. The van der Waals surface area contributed by atoms with E-state index in [2.05, 4.69) is 5.32 Å². The van der Waals surface area contributed by atoms with E-state index in [0.717, 1.165) is 0 Å². The third-order valence-electron chi connectivity index (χ3n) is 2.31. The molecule has 0 radical (unpaired) electrons. The minimum Gasteiger partial charge on any atom is -0.454 e. The summed E-state index contributed by atoms with van der Waals surface area (Å²) in [5, 5.41) is 3.66. The molecule has 19 heavy (non-hydrogen) atoms. The molecule has 3 nitrogen and oxygen atoms in total. The van der Waals surface area contributed by atoms with Gasteiger partial charge in [0.15, 0.2) is 5.75 Å². The van der Waals surface area contributed by atoms with Gasteiger partial charge in [0.05, 0.1) is 10.7 Å². The number of rotatable bonds is 3. The molecular formula is C14H11Cl2NO2. The number of amides is 1. The molecule has 0 aliphatic rings. The van der Waals surface area contributed by atoms with Crippen LogP contribution < -0.4 is 10.1 Å². The van der Waals surface area contributed by atoms with Gasteiger partial charge in [-0.1, -0.05) is 35.3 Å². The Morgan fingerprint density at radius 1 is 1.11 bits per heavy atom. The highest BCUT2D eigenvalue weighted by Gasteiger charge is 2.09. The largest absolute Gasteiger partial charge is 0.454 e. The average Bonchev–Trinajstić information content (AvgIpc) is 2.34. The minimum absolute atomic E-state index is 0.203. The number of ether oxygens (including phenoxy) is 1. The van der Waals surface area contributed by atoms with Crippen LogP contribution >= 0.6 is 23.2 Å². The molecule has 0 spiro atoms. The normalized spacial score (nSPS) is 10.1. The molecule has 2 aromatic rings. The summed E-state index contributed by atoms with van der Waals surface area (Å²) in [5.74, 6) is 0.789. The maximum atomic E-state index is 11.2. The fourth-order valence-electron chi connectivity index (χ4n) is 1.52. The van der Waals surface area contributed by atoms with Crippen LogP contribution in [0.25, 0.3) is 0 Å². The molecule has 0 saturated carbocycles. The van der Waals surface area contributed by atoms with Gasteiger partial charge in [0.25, 0.3) is 0 Å². The van der Waals surface area contributed by atoms with Crippen molar-refractivity contribution >= 4 is 34.8 Å². The predicted octanol–water partition coefficient (Wildman–Crippen LogP) is 4.74. The number of carbonyl (C=O) groups excluding carboxylic acids is 1. The molecule has 0 saturated heterocycles. The molecule has 98 valence electrons. The van der Waals surface area contributed by atoms with Crippen molar-refractivity contribution in [3.63, 3.8) is 0 Å². The van der Waals surface area contributed by atoms with E-state index >= 15 is 0 Å². The number of para-hydroxylation sites is 1. The number of anilines is 1. The zero-order chi connectivity index (χ0) is 13.8. The van der Waals surface area contributed by atoms with Crippen LogP contribution in [-0.2, 0) is 4.79 Å². The van der Waals surface area contributed by atoms with Gasteiger partial charge in [-0.25, -0.2) is 0 Å². The van der Waals surface area contributed by atoms with E-state index < -0.39 is 0 Å². The Morgan fingerprint density at radius 2 is 1.84 bits per heavy atom. The molecule has 1 N–H and O–H groups in total. The van der Waals surface area contributed by atoms with Crippen molar-refractivity contribution in [2.24, 2.45) is 0 Å². The smallest absolute Gasteiger partial charge is 0.221 e. The summed E-state index contributed by atoms with van der Waals surface area (Å²) in [6, 6.07) is 12.1. The number of hydrogen-bond acceptors (Lipinski definition) is 2. The molecule has 0 aliphatic heterocycles. The molecule has 0 aromatic heterocycles. The molecule has 0 fully saturated rings. The molecular weight excluding hydrogens is 285 g/mol. The Kier molecular flexibility index (Phi) is 4.30. The zero-order valence-electron chi connectivity index (χ0n) is 10.1. The highest BCUT2D eigenvalue weighted by atomic mass is 35.5. The van der Waals surface area contributed by atoms with Crippen molar-refractivity contribution in [1.82, 2.24) is 0 Å². The van der Waals surface area contributed by atoms with Gasteiger partial charge in [0.1, 0.15) is 5.75 Å². The SMILES string of the molecule is CC(=O)Nc1cc(Cl)ccc1Oc1ccccc1Cl. The summed E-state index contributed by atoms with van der Waals surface area (Å²) in [6.07, 6.45) is 0. The van der Waals surface area contributed by atoms with Gasteiger partial charge in [-0.3, -0.25) is 4.79 Å². The van der Waals surface area contributed by atoms with Crippen molar-refractivity contribution in [3.05, 3.63) is 52.5 Å². The lowest BCUT2D eigenvalue weighted by Gasteiger charge is -2.12. The van der Waals surface area contributed by atoms with Crippen LogP contribution in [0.2, 0.25) is 10.0 Å². The molecule has 2 aromatic carbocycles. The standard InChI is InChI=1S/C14H11Cl2NO2/c1-9(18)17-12-8-10(15)6-7-14(12)19-13-5-3-2-4-11(13)16/h2-8H,1H3,(H,17,18). The molecule has 1 amide bonds. The van der Waals surface area contributed by atoms with Crippen LogP contribution in [0, 0.1) is 0 Å². The second kappa shape index (κ2) is 5.95. The van der Waals surface area contributed by atoms with E-state index in [0.29, 0.717) is 27.2 Å². The van der Waals surface area contributed by atoms with Gasteiger partial charge in [-0.15, -0.1) is 0 Å². The van der Waals surface area contributed by atoms with E-state index in [-0.39, 0.29) is 5.91 Å². The van der Waals surface area contributed by atoms with Crippen LogP contribution in [0.5, 0.6) is 11.5 Å². The van der Waals surface area contributed by atoms with Gasteiger partial charge in [0, 0.05) is 11.9 Å². The van der Waals surface area contributed by atoms with E-state index in [4.69, 9.17) is 27.9 Å². The fraction of sp³-hybridized carbons (Fsp3) is 0.0714. The zero-order valence-corrected chi connectivity index (χ0v) is 11.6. The third-order valence-corrected chi connectivity index (χ3v) is 2.86. The molecule has 2 rings (SSSR count). The van der Waals surface area contributed by atoms with Crippen molar-refractivity contribution < 1.29 is 9.53 Å². The third kappa shape index (κ3) is 3.63. The Bertz CT molecular complexity index is 614. The number of benzene rings is 2. The van der Waals surface area contributed by atoms with Gasteiger partial charge in [-0.05, 0) is 30.3 Å². The van der Waals surface area contributed by atoms with E-state index in [9.17, 15) is 4.79 Å².